The first-order chi connectivity index (χ1) is 13.8. The van der Waals surface area contributed by atoms with E-state index in [-0.39, 0.29) is 34.9 Å². The Kier molecular flexibility index (Phi) is 5.34. The number of non-ortho nitro benzene ring substituents is 1. The number of ether oxygens (including phenoxy) is 1. The average molecular weight is 401 g/mol. The molecule has 0 fully saturated rings. The van der Waals surface area contributed by atoms with Crippen molar-refractivity contribution in [3.63, 3.8) is 0 Å². The van der Waals surface area contributed by atoms with Gasteiger partial charge in [0.05, 0.1) is 11.5 Å². The number of nitro benzene ring substituents is 1. The van der Waals surface area contributed by atoms with Crippen molar-refractivity contribution in [2.75, 3.05) is 11.9 Å². The molecule has 150 valence electrons. The molecular formula is C17H15N5O7. The van der Waals surface area contributed by atoms with Crippen LogP contribution in [0.3, 0.4) is 0 Å². The van der Waals surface area contributed by atoms with Gasteiger partial charge in [-0.25, -0.2) is 4.79 Å². The van der Waals surface area contributed by atoms with Gasteiger partial charge in [-0.2, -0.15) is 4.98 Å². The molecular weight excluding hydrogens is 386 g/mol. The lowest BCUT2D eigenvalue weighted by Gasteiger charge is -2.09. The van der Waals surface area contributed by atoms with E-state index >= 15 is 0 Å². The molecule has 3 rings (SSSR count). The van der Waals surface area contributed by atoms with E-state index in [0.29, 0.717) is 5.69 Å². The second-order valence-corrected chi connectivity index (χ2v) is 5.83. The van der Waals surface area contributed by atoms with E-state index in [0.717, 1.165) is 4.57 Å². The number of esters is 1. The standard InChI is InChI=1S/C17H15N5O7/c1-3-28-17(25)14-13-15(29-20-14)18-9(2)21(16(13)24)8-12(23)19-10-4-6-11(7-5-10)22(26)27/h4-7H,3,8H2,1-2H3,(H,19,23). The molecule has 0 spiro atoms. The molecule has 0 aliphatic rings. The second-order valence-electron chi connectivity index (χ2n) is 5.83. The Morgan fingerprint density at radius 2 is 2.00 bits per heavy atom. The molecule has 2 heterocycles. The van der Waals surface area contributed by atoms with Gasteiger partial charge in [-0.05, 0) is 26.0 Å². The third-order valence-electron chi connectivity index (χ3n) is 3.92. The molecule has 3 aromatic rings. The van der Waals surface area contributed by atoms with Crippen molar-refractivity contribution in [1.29, 1.82) is 0 Å². The van der Waals surface area contributed by atoms with Gasteiger partial charge in [-0.3, -0.25) is 24.3 Å². The summed E-state index contributed by atoms with van der Waals surface area (Å²) in [6, 6.07) is 5.21. The molecule has 0 aliphatic carbocycles. The minimum atomic E-state index is -0.837. The van der Waals surface area contributed by atoms with Gasteiger partial charge in [0.2, 0.25) is 11.6 Å². The van der Waals surface area contributed by atoms with Crippen LogP contribution in [-0.2, 0) is 16.1 Å². The van der Waals surface area contributed by atoms with E-state index in [1.807, 2.05) is 0 Å². The van der Waals surface area contributed by atoms with Crippen LogP contribution in [0.1, 0.15) is 23.2 Å². The van der Waals surface area contributed by atoms with Crippen LogP contribution in [0, 0.1) is 17.0 Å². The van der Waals surface area contributed by atoms with Crippen LogP contribution in [-0.4, -0.2) is 38.1 Å². The molecule has 0 bridgehead atoms. The maximum absolute atomic E-state index is 12.8. The summed E-state index contributed by atoms with van der Waals surface area (Å²) in [5.41, 5.74) is -0.941. The van der Waals surface area contributed by atoms with Crippen LogP contribution >= 0.6 is 0 Å². The van der Waals surface area contributed by atoms with Gasteiger partial charge in [-0.1, -0.05) is 5.16 Å². The van der Waals surface area contributed by atoms with Crippen molar-refractivity contribution in [2.24, 2.45) is 0 Å². The van der Waals surface area contributed by atoms with Gasteiger partial charge in [0, 0.05) is 17.8 Å². The summed E-state index contributed by atoms with van der Waals surface area (Å²) >= 11 is 0. The summed E-state index contributed by atoms with van der Waals surface area (Å²) in [7, 11) is 0. The SMILES string of the molecule is CCOC(=O)c1noc2nc(C)n(CC(=O)Nc3ccc([N+](=O)[O-])cc3)c(=O)c12. The zero-order valence-corrected chi connectivity index (χ0v) is 15.4. The molecule has 1 N–H and O–H groups in total. The second kappa shape index (κ2) is 7.88. The largest absolute Gasteiger partial charge is 0.461 e. The highest BCUT2D eigenvalue weighted by Gasteiger charge is 2.24. The summed E-state index contributed by atoms with van der Waals surface area (Å²) in [6.45, 7) is 2.77. The Bertz CT molecular complexity index is 1160. The Morgan fingerprint density at radius 1 is 1.31 bits per heavy atom. The minimum absolute atomic E-state index is 0.0817. The first kappa shape index (κ1) is 19.7. The number of hydrogen-bond donors (Lipinski definition) is 1. The maximum atomic E-state index is 12.8. The third kappa shape index (κ3) is 3.95. The maximum Gasteiger partial charge on any atom is 0.361 e. The average Bonchev–Trinajstić information content (AvgIpc) is 3.09. The van der Waals surface area contributed by atoms with Crippen LogP contribution in [0.5, 0.6) is 0 Å². The Hall–Kier alpha value is -4.09. The van der Waals surface area contributed by atoms with Crippen LogP contribution in [0.15, 0.2) is 33.6 Å². The van der Waals surface area contributed by atoms with Gasteiger partial charge >= 0.3 is 5.97 Å². The first-order valence-electron chi connectivity index (χ1n) is 8.40. The van der Waals surface area contributed by atoms with Crippen LogP contribution in [0.25, 0.3) is 11.1 Å². The molecule has 0 aliphatic heterocycles. The molecule has 0 saturated heterocycles. The lowest BCUT2D eigenvalue weighted by Crippen LogP contribution is -2.30. The number of nitro groups is 1. The van der Waals surface area contributed by atoms with Crippen molar-refractivity contribution in [1.82, 2.24) is 14.7 Å². The number of carbonyl (C=O) groups excluding carboxylic acids is 2. The number of aryl methyl sites for hydroxylation is 1. The minimum Gasteiger partial charge on any atom is -0.461 e. The predicted molar refractivity (Wildman–Crippen MR) is 98.5 cm³/mol. The fourth-order valence-electron chi connectivity index (χ4n) is 2.58. The quantitative estimate of drug-likeness (QED) is 0.366. The molecule has 0 radical (unpaired) electrons. The smallest absolute Gasteiger partial charge is 0.361 e. The summed E-state index contributed by atoms with van der Waals surface area (Å²) in [5.74, 6) is -1.23. The highest BCUT2D eigenvalue weighted by Crippen LogP contribution is 2.16. The highest BCUT2D eigenvalue weighted by molar-refractivity contribution is 6.00. The molecule has 0 saturated carbocycles. The topological polar surface area (TPSA) is 159 Å². The summed E-state index contributed by atoms with van der Waals surface area (Å²) in [6.07, 6.45) is 0. The van der Waals surface area contributed by atoms with Crippen LogP contribution in [0.2, 0.25) is 0 Å². The molecule has 2 aromatic heterocycles. The van der Waals surface area contributed by atoms with Gasteiger partial charge in [-0.15, -0.1) is 0 Å². The van der Waals surface area contributed by atoms with Crippen LogP contribution < -0.4 is 10.9 Å². The van der Waals surface area contributed by atoms with Crippen molar-refractivity contribution < 1.29 is 23.8 Å². The zero-order chi connectivity index (χ0) is 21.1. The van der Waals surface area contributed by atoms with Crippen molar-refractivity contribution in [3.05, 3.63) is 56.3 Å². The number of aromatic nitrogens is 3. The number of carbonyl (C=O) groups is 2. The van der Waals surface area contributed by atoms with Gasteiger partial charge in [0.1, 0.15) is 17.8 Å². The number of anilines is 1. The first-order valence-corrected chi connectivity index (χ1v) is 8.40. The number of hydrogen-bond acceptors (Lipinski definition) is 9. The molecule has 12 heteroatoms. The van der Waals surface area contributed by atoms with Gasteiger partial charge < -0.3 is 14.6 Å². The predicted octanol–water partition coefficient (Wildman–Crippen LogP) is 1.42. The van der Waals surface area contributed by atoms with E-state index in [1.165, 1.54) is 31.2 Å². The van der Waals surface area contributed by atoms with Gasteiger partial charge in [0.25, 0.3) is 17.0 Å². The summed E-state index contributed by atoms with van der Waals surface area (Å²) in [4.78, 5) is 51.3. The van der Waals surface area contributed by atoms with Gasteiger partial charge in [0.15, 0.2) is 0 Å². The van der Waals surface area contributed by atoms with E-state index in [2.05, 4.69) is 15.5 Å². The summed E-state index contributed by atoms with van der Waals surface area (Å²) < 4.78 is 10.8. The lowest BCUT2D eigenvalue weighted by molar-refractivity contribution is -0.384. The number of benzene rings is 1. The zero-order valence-electron chi connectivity index (χ0n) is 15.4. The normalized spacial score (nSPS) is 10.7. The molecule has 0 atom stereocenters. The molecule has 12 nitrogen and oxygen atoms in total. The van der Waals surface area contributed by atoms with Crippen molar-refractivity contribution in [3.8, 4) is 0 Å². The Morgan fingerprint density at radius 3 is 2.62 bits per heavy atom. The van der Waals surface area contributed by atoms with E-state index in [4.69, 9.17) is 9.26 Å². The van der Waals surface area contributed by atoms with Crippen molar-refractivity contribution >= 4 is 34.4 Å². The van der Waals surface area contributed by atoms with Crippen molar-refractivity contribution in [2.45, 2.75) is 20.4 Å². The number of rotatable bonds is 6. The third-order valence-corrected chi connectivity index (χ3v) is 3.92. The van der Waals surface area contributed by atoms with Crippen LogP contribution in [0.4, 0.5) is 11.4 Å². The molecule has 1 amide bonds. The number of nitrogens with one attached hydrogen (secondary N) is 1. The highest BCUT2D eigenvalue weighted by atomic mass is 16.6. The fourth-order valence-corrected chi connectivity index (χ4v) is 2.58. The van der Waals surface area contributed by atoms with E-state index in [1.54, 1.807) is 6.92 Å². The van der Waals surface area contributed by atoms with E-state index < -0.39 is 28.9 Å². The lowest BCUT2D eigenvalue weighted by atomic mass is 10.2. The number of amides is 1. The monoisotopic (exact) mass is 401 g/mol. The molecule has 1 aromatic carbocycles. The molecule has 29 heavy (non-hydrogen) atoms. The number of fused-ring (bicyclic) bond motifs is 1. The van der Waals surface area contributed by atoms with E-state index in [9.17, 15) is 24.5 Å². The fraction of sp³-hybridized carbons (Fsp3) is 0.235. The Balaban J connectivity index is 1.88. The number of nitrogens with zero attached hydrogens (tertiary/aromatic N) is 4. The summed E-state index contributed by atoms with van der Waals surface area (Å²) in [5, 5.41) is 16.6. The molecule has 0 unspecified atom stereocenters. The Labute approximate surface area is 162 Å².